The Bertz CT molecular complexity index is 785. The summed E-state index contributed by atoms with van der Waals surface area (Å²) in [7, 11) is 0. The molecule has 21 heavy (non-hydrogen) atoms. The van der Waals surface area contributed by atoms with E-state index < -0.39 is 22.0 Å². The standard InChI is InChI=1S/C13H10BrN3O4/c14-9-3-1-2-8(4-9)6-16-7-10(17(20)21)5-11(12(15)18)13(16)19/h1-5,7H,6H2,(H2,15,18). The van der Waals surface area contributed by atoms with Crippen LogP contribution in [0.25, 0.3) is 0 Å². The lowest BCUT2D eigenvalue weighted by molar-refractivity contribution is -0.385. The van der Waals surface area contributed by atoms with E-state index in [1.807, 2.05) is 6.07 Å². The molecule has 7 nitrogen and oxygen atoms in total. The summed E-state index contributed by atoms with van der Waals surface area (Å²) in [5.41, 5.74) is 4.41. The number of amides is 1. The molecule has 0 bridgehead atoms. The van der Waals surface area contributed by atoms with Crippen molar-refractivity contribution in [3.05, 3.63) is 72.6 Å². The summed E-state index contributed by atoms with van der Waals surface area (Å²) in [6.07, 6.45) is 1.09. The van der Waals surface area contributed by atoms with Gasteiger partial charge >= 0.3 is 0 Å². The first-order chi connectivity index (χ1) is 9.88. The Morgan fingerprint density at radius 3 is 2.67 bits per heavy atom. The quantitative estimate of drug-likeness (QED) is 0.667. The molecule has 0 aliphatic heterocycles. The Morgan fingerprint density at radius 2 is 2.10 bits per heavy atom. The van der Waals surface area contributed by atoms with Gasteiger partial charge < -0.3 is 10.3 Å². The molecular weight excluding hydrogens is 342 g/mol. The molecule has 2 N–H and O–H groups in total. The smallest absolute Gasteiger partial charge is 0.286 e. The number of nitrogens with zero attached hydrogens (tertiary/aromatic N) is 2. The van der Waals surface area contributed by atoms with Gasteiger partial charge in [0, 0.05) is 10.5 Å². The third kappa shape index (κ3) is 3.34. The Hall–Kier alpha value is -2.48. The van der Waals surface area contributed by atoms with E-state index in [0.29, 0.717) is 0 Å². The molecule has 1 aromatic heterocycles. The van der Waals surface area contributed by atoms with Crippen LogP contribution < -0.4 is 11.3 Å². The molecule has 108 valence electrons. The molecule has 0 aliphatic carbocycles. The summed E-state index contributed by atoms with van der Waals surface area (Å²) >= 11 is 3.30. The van der Waals surface area contributed by atoms with Crippen LogP contribution >= 0.6 is 15.9 Å². The molecule has 2 aromatic rings. The number of aromatic nitrogens is 1. The summed E-state index contributed by atoms with van der Waals surface area (Å²) in [5, 5.41) is 10.9. The van der Waals surface area contributed by atoms with Gasteiger partial charge in [0.15, 0.2) is 0 Å². The predicted molar refractivity (Wildman–Crippen MR) is 79.1 cm³/mol. The number of nitrogens with two attached hydrogens (primary N) is 1. The molecular formula is C13H10BrN3O4. The van der Waals surface area contributed by atoms with E-state index in [1.165, 1.54) is 0 Å². The van der Waals surface area contributed by atoms with Crippen molar-refractivity contribution in [2.45, 2.75) is 6.54 Å². The number of rotatable bonds is 4. The average molecular weight is 352 g/mol. The second-order valence-corrected chi connectivity index (χ2v) is 5.21. The molecule has 0 atom stereocenters. The number of carbonyl (C=O) groups excluding carboxylic acids is 1. The van der Waals surface area contributed by atoms with Crippen molar-refractivity contribution in [1.82, 2.24) is 4.57 Å². The molecule has 1 aromatic carbocycles. The molecule has 1 amide bonds. The van der Waals surface area contributed by atoms with Gasteiger partial charge in [0.05, 0.1) is 17.7 Å². The molecule has 0 spiro atoms. The van der Waals surface area contributed by atoms with E-state index in [0.717, 1.165) is 26.9 Å². The monoisotopic (exact) mass is 351 g/mol. The van der Waals surface area contributed by atoms with Crippen molar-refractivity contribution in [2.24, 2.45) is 5.73 Å². The zero-order chi connectivity index (χ0) is 15.6. The topological polar surface area (TPSA) is 108 Å². The molecule has 2 rings (SSSR count). The lowest BCUT2D eigenvalue weighted by Crippen LogP contribution is -2.30. The van der Waals surface area contributed by atoms with E-state index in [-0.39, 0.29) is 12.2 Å². The van der Waals surface area contributed by atoms with E-state index in [4.69, 9.17) is 5.73 Å². The number of nitro groups is 1. The van der Waals surface area contributed by atoms with Crippen molar-refractivity contribution < 1.29 is 9.72 Å². The Morgan fingerprint density at radius 1 is 1.38 bits per heavy atom. The highest BCUT2D eigenvalue weighted by molar-refractivity contribution is 9.10. The van der Waals surface area contributed by atoms with Gasteiger partial charge in [-0.2, -0.15) is 0 Å². The molecule has 1 heterocycles. The van der Waals surface area contributed by atoms with Crippen molar-refractivity contribution in [2.75, 3.05) is 0 Å². The van der Waals surface area contributed by atoms with Gasteiger partial charge in [-0.3, -0.25) is 19.7 Å². The van der Waals surface area contributed by atoms with Crippen LogP contribution in [0.2, 0.25) is 0 Å². The number of benzene rings is 1. The molecule has 0 fully saturated rings. The zero-order valence-corrected chi connectivity index (χ0v) is 12.2. The highest BCUT2D eigenvalue weighted by Crippen LogP contribution is 2.14. The summed E-state index contributed by atoms with van der Waals surface area (Å²) in [5.74, 6) is -0.994. The number of pyridine rings is 1. The first-order valence-electron chi connectivity index (χ1n) is 5.81. The van der Waals surface area contributed by atoms with Crippen LogP contribution in [0.1, 0.15) is 15.9 Å². The molecule has 0 radical (unpaired) electrons. The van der Waals surface area contributed by atoms with E-state index in [9.17, 15) is 19.7 Å². The first-order valence-corrected chi connectivity index (χ1v) is 6.61. The van der Waals surface area contributed by atoms with Gasteiger partial charge in [-0.25, -0.2) is 0 Å². The van der Waals surface area contributed by atoms with Gasteiger partial charge in [-0.1, -0.05) is 28.1 Å². The van der Waals surface area contributed by atoms with Crippen molar-refractivity contribution in [3.8, 4) is 0 Å². The van der Waals surface area contributed by atoms with Gasteiger partial charge in [0.2, 0.25) is 0 Å². The molecule has 0 aliphatic rings. The number of carbonyl (C=O) groups is 1. The maximum Gasteiger partial charge on any atom is 0.286 e. The Labute approximate surface area is 127 Å². The van der Waals surface area contributed by atoms with Crippen LogP contribution in [0.3, 0.4) is 0 Å². The summed E-state index contributed by atoms with van der Waals surface area (Å²) in [4.78, 5) is 33.5. The predicted octanol–water partition coefficient (Wildman–Crippen LogP) is 1.67. The SMILES string of the molecule is NC(=O)c1cc([N+](=O)[O-])cn(Cc2cccc(Br)c2)c1=O. The van der Waals surface area contributed by atoms with Crippen molar-refractivity contribution >= 4 is 27.5 Å². The number of hydrogen-bond acceptors (Lipinski definition) is 4. The van der Waals surface area contributed by atoms with Crippen molar-refractivity contribution in [3.63, 3.8) is 0 Å². The Kier molecular flexibility index (Phi) is 4.18. The highest BCUT2D eigenvalue weighted by Gasteiger charge is 2.17. The average Bonchev–Trinajstić information content (AvgIpc) is 2.40. The van der Waals surface area contributed by atoms with Gasteiger partial charge in [0.1, 0.15) is 5.56 Å². The minimum atomic E-state index is -0.994. The zero-order valence-electron chi connectivity index (χ0n) is 10.7. The number of hydrogen-bond donors (Lipinski definition) is 1. The Balaban J connectivity index is 2.54. The molecule has 0 saturated carbocycles. The fourth-order valence-corrected chi connectivity index (χ4v) is 2.29. The van der Waals surface area contributed by atoms with Gasteiger partial charge in [-0.05, 0) is 17.7 Å². The maximum atomic E-state index is 12.1. The lowest BCUT2D eigenvalue weighted by Gasteiger charge is -2.07. The van der Waals surface area contributed by atoms with Crippen LogP contribution in [0.4, 0.5) is 5.69 Å². The maximum absolute atomic E-state index is 12.1. The third-order valence-electron chi connectivity index (χ3n) is 2.79. The fourth-order valence-electron chi connectivity index (χ4n) is 1.85. The minimum Gasteiger partial charge on any atom is -0.365 e. The van der Waals surface area contributed by atoms with Crippen LogP contribution in [0.15, 0.2) is 45.8 Å². The summed E-state index contributed by atoms with van der Waals surface area (Å²) in [6, 6.07) is 8.02. The molecule has 0 unspecified atom stereocenters. The van der Waals surface area contributed by atoms with Crippen LogP contribution in [0, 0.1) is 10.1 Å². The van der Waals surface area contributed by atoms with E-state index >= 15 is 0 Å². The van der Waals surface area contributed by atoms with E-state index in [1.54, 1.807) is 18.2 Å². The lowest BCUT2D eigenvalue weighted by atomic mass is 10.2. The van der Waals surface area contributed by atoms with E-state index in [2.05, 4.69) is 15.9 Å². The van der Waals surface area contributed by atoms with Crippen LogP contribution in [-0.2, 0) is 6.54 Å². The second kappa shape index (κ2) is 5.88. The second-order valence-electron chi connectivity index (χ2n) is 4.30. The van der Waals surface area contributed by atoms with Gasteiger partial charge in [0.25, 0.3) is 17.2 Å². The minimum absolute atomic E-state index is 0.0975. The van der Waals surface area contributed by atoms with Crippen molar-refractivity contribution in [1.29, 1.82) is 0 Å². The molecule has 8 heteroatoms. The normalized spacial score (nSPS) is 10.3. The highest BCUT2D eigenvalue weighted by atomic mass is 79.9. The first kappa shape index (κ1) is 14.9. The fraction of sp³-hybridized carbons (Fsp3) is 0.0769. The number of primary amides is 1. The largest absolute Gasteiger partial charge is 0.365 e. The van der Waals surface area contributed by atoms with Gasteiger partial charge in [-0.15, -0.1) is 0 Å². The number of halogens is 1. The third-order valence-corrected chi connectivity index (χ3v) is 3.28. The summed E-state index contributed by atoms with van der Waals surface area (Å²) < 4.78 is 1.91. The van der Waals surface area contributed by atoms with Crippen LogP contribution in [0.5, 0.6) is 0 Å². The summed E-state index contributed by atoms with van der Waals surface area (Å²) in [6.45, 7) is 0.0975. The molecule has 0 saturated heterocycles. The van der Waals surface area contributed by atoms with Crippen LogP contribution in [-0.4, -0.2) is 15.4 Å².